The molecule has 2 fully saturated rings. The SMILES string of the molecule is CC1CCC(C(=O)O)CN1CC1CCC(C(C)(C)C)CC1. The van der Waals surface area contributed by atoms with Crippen molar-refractivity contribution in [3.05, 3.63) is 0 Å². The van der Waals surface area contributed by atoms with Crippen LogP contribution in [0.1, 0.15) is 66.2 Å². The molecule has 1 saturated heterocycles. The molecule has 0 radical (unpaired) electrons. The molecule has 3 heteroatoms. The number of hydrogen-bond acceptors (Lipinski definition) is 2. The fraction of sp³-hybridized carbons (Fsp3) is 0.944. The lowest BCUT2D eigenvalue weighted by Gasteiger charge is -2.42. The molecule has 0 aromatic heterocycles. The van der Waals surface area contributed by atoms with Crippen LogP contribution in [0.25, 0.3) is 0 Å². The summed E-state index contributed by atoms with van der Waals surface area (Å²) in [5.41, 5.74) is 0.442. The van der Waals surface area contributed by atoms with E-state index in [4.69, 9.17) is 0 Å². The van der Waals surface area contributed by atoms with Crippen LogP contribution in [0.2, 0.25) is 0 Å². The highest BCUT2D eigenvalue weighted by Crippen LogP contribution is 2.40. The van der Waals surface area contributed by atoms with Gasteiger partial charge in [0.05, 0.1) is 5.92 Å². The molecule has 1 saturated carbocycles. The van der Waals surface area contributed by atoms with E-state index in [-0.39, 0.29) is 5.92 Å². The van der Waals surface area contributed by atoms with Crippen molar-refractivity contribution in [1.82, 2.24) is 4.90 Å². The molecule has 0 aromatic rings. The van der Waals surface area contributed by atoms with Gasteiger partial charge < -0.3 is 5.11 Å². The van der Waals surface area contributed by atoms with Crippen LogP contribution in [0.3, 0.4) is 0 Å². The minimum Gasteiger partial charge on any atom is -0.481 e. The van der Waals surface area contributed by atoms with Crippen LogP contribution in [0.15, 0.2) is 0 Å². The monoisotopic (exact) mass is 295 g/mol. The van der Waals surface area contributed by atoms with Gasteiger partial charge in [-0.1, -0.05) is 20.8 Å². The Morgan fingerprint density at radius 2 is 1.71 bits per heavy atom. The topological polar surface area (TPSA) is 40.5 Å². The quantitative estimate of drug-likeness (QED) is 0.854. The predicted octanol–water partition coefficient (Wildman–Crippen LogP) is 4.02. The second-order valence-corrected chi connectivity index (χ2v) is 8.50. The molecule has 1 heterocycles. The van der Waals surface area contributed by atoms with E-state index < -0.39 is 5.97 Å². The summed E-state index contributed by atoms with van der Waals surface area (Å²) in [5.74, 6) is 0.883. The lowest BCUT2D eigenvalue weighted by atomic mass is 9.69. The number of hydrogen-bond donors (Lipinski definition) is 1. The van der Waals surface area contributed by atoms with Gasteiger partial charge in [0, 0.05) is 19.1 Å². The number of carboxylic acids is 1. The maximum absolute atomic E-state index is 11.2. The molecule has 122 valence electrons. The van der Waals surface area contributed by atoms with Crippen LogP contribution in [0.4, 0.5) is 0 Å². The predicted molar refractivity (Wildman–Crippen MR) is 86.3 cm³/mol. The standard InChI is InChI=1S/C18H33NO2/c1-13-5-8-15(17(20)21)12-19(13)11-14-6-9-16(10-7-14)18(2,3)4/h13-16H,5-12H2,1-4H3,(H,20,21). The summed E-state index contributed by atoms with van der Waals surface area (Å²) < 4.78 is 0. The Hall–Kier alpha value is -0.570. The Morgan fingerprint density at radius 3 is 2.24 bits per heavy atom. The van der Waals surface area contributed by atoms with Crippen molar-refractivity contribution in [3.8, 4) is 0 Å². The van der Waals surface area contributed by atoms with Crippen LogP contribution in [-0.2, 0) is 4.79 Å². The Balaban J connectivity index is 1.83. The third-order valence-electron chi connectivity index (χ3n) is 5.92. The fourth-order valence-electron chi connectivity index (χ4n) is 4.18. The van der Waals surface area contributed by atoms with Crippen LogP contribution < -0.4 is 0 Å². The lowest BCUT2D eigenvalue weighted by molar-refractivity contribution is -0.144. The molecular formula is C18H33NO2. The van der Waals surface area contributed by atoms with Crippen LogP contribution in [0.5, 0.6) is 0 Å². The summed E-state index contributed by atoms with van der Waals surface area (Å²) >= 11 is 0. The highest BCUT2D eigenvalue weighted by atomic mass is 16.4. The molecule has 0 spiro atoms. The van der Waals surface area contributed by atoms with Crippen molar-refractivity contribution in [3.63, 3.8) is 0 Å². The van der Waals surface area contributed by atoms with E-state index in [1.165, 1.54) is 25.7 Å². The molecule has 2 rings (SSSR count). The summed E-state index contributed by atoms with van der Waals surface area (Å²) in [6, 6.07) is 0.556. The first-order valence-corrected chi connectivity index (χ1v) is 8.74. The third kappa shape index (κ3) is 4.45. The molecule has 2 aliphatic rings. The first-order valence-electron chi connectivity index (χ1n) is 8.74. The lowest BCUT2D eigenvalue weighted by Crippen LogP contribution is -2.46. The van der Waals surface area contributed by atoms with E-state index in [9.17, 15) is 9.90 Å². The van der Waals surface area contributed by atoms with E-state index in [0.29, 0.717) is 11.5 Å². The average molecular weight is 295 g/mol. The Labute approximate surface area is 130 Å². The van der Waals surface area contributed by atoms with Crippen molar-refractivity contribution in [2.24, 2.45) is 23.2 Å². The van der Waals surface area contributed by atoms with Gasteiger partial charge in [0.15, 0.2) is 0 Å². The number of nitrogens with zero attached hydrogens (tertiary/aromatic N) is 1. The number of likely N-dealkylation sites (tertiary alicyclic amines) is 1. The van der Waals surface area contributed by atoms with Gasteiger partial charge in [0.2, 0.25) is 0 Å². The average Bonchev–Trinajstić information content (AvgIpc) is 2.40. The summed E-state index contributed by atoms with van der Waals surface area (Å²) in [5, 5.41) is 9.25. The van der Waals surface area contributed by atoms with Crippen molar-refractivity contribution in [2.45, 2.75) is 72.3 Å². The summed E-state index contributed by atoms with van der Waals surface area (Å²) in [6.45, 7) is 11.2. The summed E-state index contributed by atoms with van der Waals surface area (Å²) in [6.07, 6.45) is 7.22. The van der Waals surface area contributed by atoms with Gasteiger partial charge in [-0.3, -0.25) is 9.69 Å². The van der Waals surface area contributed by atoms with Gasteiger partial charge in [0.1, 0.15) is 0 Å². The van der Waals surface area contributed by atoms with E-state index in [2.05, 4.69) is 32.6 Å². The van der Waals surface area contributed by atoms with Crippen molar-refractivity contribution >= 4 is 5.97 Å². The zero-order valence-electron chi connectivity index (χ0n) is 14.3. The second kappa shape index (κ2) is 6.68. The largest absolute Gasteiger partial charge is 0.481 e. The number of carboxylic acid groups (broad SMARTS) is 1. The Kier molecular flexibility index (Phi) is 5.34. The van der Waals surface area contributed by atoms with Crippen LogP contribution in [-0.4, -0.2) is 35.1 Å². The maximum Gasteiger partial charge on any atom is 0.307 e. The van der Waals surface area contributed by atoms with E-state index in [0.717, 1.165) is 37.8 Å². The third-order valence-corrected chi connectivity index (χ3v) is 5.92. The van der Waals surface area contributed by atoms with Crippen molar-refractivity contribution in [2.75, 3.05) is 13.1 Å². The Bertz CT molecular complexity index is 353. The molecule has 1 aliphatic carbocycles. The van der Waals surface area contributed by atoms with Gasteiger partial charge in [-0.05, 0) is 62.7 Å². The molecule has 0 bridgehead atoms. The molecule has 2 atom stereocenters. The van der Waals surface area contributed by atoms with E-state index >= 15 is 0 Å². The zero-order chi connectivity index (χ0) is 15.6. The molecule has 0 amide bonds. The van der Waals surface area contributed by atoms with Gasteiger partial charge in [-0.2, -0.15) is 0 Å². The number of rotatable bonds is 3. The van der Waals surface area contributed by atoms with Gasteiger partial charge >= 0.3 is 5.97 Å². The molecule has 3 nitrogen and oxygen atoms in total. The van der Waals surface area contributed by atoms with Crippen molar-refractivity contribution < 1.29 is 9.90 Å². The Morgan fingerprint density at radius 1 is 1.10 bits per heavy atom. The maximum atomic E-state index is 11.2. The first kappa shape index (κ1) is 16.8. The first-order chi connectivity index (χ1) is 9.77. The number of piperidine rings is 1. The molecular weight excluding hydrogens is 262 g/mol. The second-order valence-electron chi connectivity index (χ2n) is 8.50. The molecule has 1 N–H and O–H groups in total. The molecule has 0 aromatic carbocycles. The number of carbonyl (C=O) groups is 1. The van der Waals surface area contributed by atoms with Crippen LogP contribution in [0, 0.1) is 23.2 Å². The highest BCUT2D eigenvalue weighted by Gasteiger charge is 2.34. The molecule has 21 heavy (non-hydrogen) atoms. The minimum atomic E-state index is -0.608. The summed E-state index contributed by atoms with van der Waals surface area (Å²) in [4.78, 5) is 13.7. The van der Waals surface area contributed by atoms with Crippen molar-refractivity contribution in [1.29, 1.82) is 0 Å². The number of aliphatic carboxylic acids is 1. The zero-order valence-corrected chi connectivity index (χ0v) is 14.3. The highest BCUT2D eigenvalue weighted by molar-refractivity contribution is 5.70. The minimum absolute atomic E-state index is 0.146. The summed E-state index contributed by atoms with van der Waals surface area (Å²) in [7, 11) is 0. The van der Waals surface area contributed by atoms with Gasteiger partial charge in [-0.25, -0.2) is 0 Å². The van der Waals surface area contributed by atoms with E-state index in [1.54, 1.807) is 0 Å². The molecule has 1 aliphatic heterocycles. The van der Waals surface area contributed by atoms with Crippen LogP contribution >= 0.6 is 0 Å². The smallest absolute Gasteiger partial charge is 0.307 e. The van der Waals surface area contributed by atoms with E-state index in [1.807, 2.05) is 0 Å². The fourth-order valence-corrected chi connectivity index (χ4v) is 4.18. The van der Waals surface area contributed by atoms with Gasteiger partial charge in [0.25, 0.3) is 0 Å². The van der Waals surface area contributed by atoms with Gasteiger partial charge in [-0.15, -0.1) is 0 Å². The normalized spacial score (nSPS) is 35.6. The molecule has 2 unspecified atom stereocenters.